The van der Waals surface area contributed by atoms with Crippen LogP contribution in [0.1, 0.15) is 28.8 Å². The van der Waals surface area contributed by atoms with E-state index in [0.717, 1.165) is 0 Å². The van der Waals surface area contributed by atoms with E-state index in [1.165, 1.54) is 10.8 Å². The van der Waals surface area contributed by atoms with E-state index in [1.54, 1.807) is 6.92 Å². The first-order valence-electron chi connectivity index (χ1n) is 7.96. The normalized spacial score (nSPS) is 34.1. The number of nitrogens with two attached hydrogens (primary N) is 2. The number of aliphatic hydroxyl groups excluding tert-OH is 1. The van der Waals surface area contributed by atoms with E-state index in [-0.39, 0.29) is 35.0 Å². The van der Waals surface area contributed by atoms with Crippen LogP contribution in [-0.2, 0) is 13.8 Å². The van der Waals surface area contributed by atoms with Gasteiger partial charge in [-0.2, -0.15) is 0 Å². The van der Waals surface area contributed by atoms with Crippen LogP contribution < -0.4 is 11.5 Å². The summed E-state index contributed by atoms with van der Waals surface area (Å²) in [6.45, 7) is 1.63. The summed E-state index contributed by atoms with van der Waals surface area (Å²) < 4.78 is 24.3. The maximum atomic E-state index is 11.8. The molecule has 1 amide bonds. The first kappa shape index (κ1) is 17.4. The highest BCUT2D eigenvalue weighted by Crippen LogP contribution is 2.53. The molecule has 0 radical (unpaired) electrons. The lowest BCUT2D eigenvalue weighted by atomic mass is 10.1. The summed E-state index contributed by atoms with van der Waals surface area (Å²) in [5, 5.41) is 10.9. The third kappa shape index (κ3) is 2.60. The SMILES string of the molecule is Cc1nc(N)c2c(C(N)=O)cn([C@@H]3O[C@@H]4CCP(=O)(O)O[C@H]4[C@H]3O)c2n1. The van der Waals surface area contributed by atoms with Crippen molar-refractivity contribution in [3.8, 4) is 0 Å². The van der Waals surface area contributed by atoms with Crippen molar-refractivity contribution in [2.45, 2.75) is 37.9 Å². The standard InChI is InChI=1S/C14H18N5O6P/c1-5-17-11(15)8-6(12(16)21)4-19(13(8)18-5)14-9(20)10-7(24-14)2-3-26(22,23)25-10/h4,7,9-10,14,20H,2-3H2,1H3,(H2,16,21)(H,22,23)(H2,15,17,18)/t7-,9-,10-,14-/m1/s1. The number of fused-ring (bicyclic) bond motifs is 2. The van der Waals surface area contributed by atoms with Crippen LogP contribution in [0.25, 0.3) is 11.0 Å². The van der Waals surface area contributed by atoms with E-state index in [2.05, 4.69) is 9.97 Å². The Morgan fingerprint density at radius 2 is 2.19 bits per heavy atom. The van der Waals surface area contributed by atoms with Gasteiger partial charge in [0.2, 0.25) is 0 Å². The van der Waals surface area contributed by atoms with Gasteiger partial charge in [-0.25, -0.2) is 9.97 Å². The predicted molar refractivity (Wildman–Crippen MR) is 89.3 cm³/mol. The van der Waals surface area contributed by atoms with Gasteiger partial charge in [-0.05, 0) is 13.3 Å². The van der Waals surface area contributed by atoms with Crippen molar-refractivity contribution in [3.63, 3.8) is 0 Å². The first-order valence-corrected chi connectivity index (χ1v) is 9.72. The second kappa shape index (κ2) is 5.73. The number of aliphatic hydroxyl groups is 1. The maximum absolute atomic E-state index is 11.8. The third-order valence-corrected chi connectivity index (χ3v) is 6.04. The molecular weight excluding hydrogens is 365 g/mol. The van der Waals surface area contributed by atoms with Gasteiger partial charge in [-0.1, -0.05) is 0 Å². The summed E-state index contributed by atoms with van der Waals surface area (Å²) in [5.74, 6) is -0.277. The molecule has 2 aromatic heterocycles. The van der Waals surface area contributed by atoms with Crippen LogP contribution in [0, 0.1) is 6.92 Å². The van der Waals surface area contributed by atoms with Gasteiger partial charge in [0.25, 0.3) is 5.91 Å². The third-order valence-electron chi connectivity index (χ3n) is 4.64. The summed E-state index contributed by atoms with van der Waals surface area (Å²) in [4.78, 5) is 29.8. The number of carbonyl (C=O) groups is 1. The number of hydrogen-bond donors (Lipinski definition) is 4. The van der Waals surface area contributed by atoms with Crippen molar-refractivity contribution in [1.82, 2.24) is 14.5 Å². The zero-order valence-corrected chi connectivity index (χ0v) is 14.7. The lowest BCUT2D eigenvalue weighted by molar-refractivity contribution is -0.0360. The molecule has 2 saturated heterocycles. The molecule has 0 saturated carbocycles. The molecule has 2 aliphatic rings. The molecule has 2 aliphatic heterocycles. The van der Waals surface area contributed by atoms with Crippen molar-refractivity contribution in [1.29, 1.82) is 0 Å². The van der Waals surface area contributed by atoms with Crippen molar-refractivity contribution in [3.05, 3.63) is 17.6 Å². The number of carbonyl (C=O) groups excluding carboxylic acids is 1. The van der Waals surface area contributed by atoms with Crippen LogP contribution >= 0.6 is 7.60 Å². The summed E-state index contributed by atoms with van der Waals surface area (Å²) >= 11 is 0. The zero-order valence-electron chi connectivity index (χ0n) is 13.8. The minimum Gasteiger partial charge on any atom is -0.386 e. The van der Waals surface area contributed by atoms with Crippen LogP contribution in [0.3, 0.4) is 0 Å². The van der Waals surface area contributed by atoms with Gasteiger partial charge < -0.3 is 30.8 Å². The van der Waals surface area contributed by atoms with Gasteiger partial charge in [0.15, 0.2) is 6.23 Å². The van der Waals surface area contributed by atoms with Crippen LogP contribution in [-0.4, -0.2) is 54.9 Å². The number of anilines is 1. The number of aryl methyl sites for hydroxylation is 1. The molecule has 6 N–H and O–H groups in total. The number of nitrogens with zero attached hydrogens (tertiary/aromatic N) is 3. The van der Waals surface area contributed by atoms with E-state index < -0.39 is 38.0 Å². The van der Waals surface area contributed by atoms with E-state index in [9.17, 15) is 19.4 Å². The maximum Gasteiger partial charge on any atom is 0.328 e. The first-order chi connectivity index (χ1) is 12.2. The van der Waals surface area contributed by atoms with Crippen LogP contribution in [0.4, 0.5) is 5.82 Å². The number of aromatic nitrogens is 3. The fraction of sp³-hybridized carbons (Fsp3) is 0.500. The second-order valence-electron chi connectivity index (χ2n) is 6.44. The number of ether oxygens (including phenoxy) is 1. The Morgan fingerprint density at radius 1 is 1.46 bits per heavy atom. The summed E-state index contributed by atoms with van der Waals surface area (Å²) in [6.07, 6.45) is -2.13. The Morgan fingerprint density at radius 3 is 2.88 bits per heavy atom. The van der Waals surface area contributed by atoms with Crippen LogP contribution in [0.5, 0.6) is 0 Å². The number of amides is 1. The predicted octanol–water partition coefficient (Wildman–Crippen LogP) is -0.347. The minimum atomic E-state index is -3.76. The minimum absolute atomic E-state index is 0.0548. The van der Waals surface area contributed by atoms with Crippen LogP contribution in [0.15, 0.2) is 6.20 Å². The lowest BCUT2D eigenvalue weighted by Gasteiger charge is -2.28. The number of hydrogen-bond acceptors (Lipinski definition) is 8. The molecule has 0 aliphatic carbocycles. The van der Waals surface area contributed by atoms with E-state index in [0.29, 0.717) is 5.82 Å². The Bertz CT molecular complexity index is 961. The number of nitrogen functional groups attached to an aromatic ring is 1. The Kier molecular flexibility index (Phi) is 3.83. The quantitative estimate of drug-likeness (QED) is 0.505. The largest absolute Gasteiger partial charge is 0.386 e. The Labute approximate surface area is 147 Å². The van der Waals surface area contributed by atoms with E-state index in [4.69, 9.17) is 20.7 Å². The second-order valence-corrected chi connectivity index (χ2v) is 8.38. The average Bonchev–Trinajstić information content (AvgIpc) is 3.05. The van der Waals surface area contributed by atoms with E-state index >= 15 is 0 Å². The van der Waals surface area contributed by atoms with Crippen LogP contribution in [0.2, 0.25) is 0 Å². The van der Waals surface area contributed by atoms with Gasteiger partial charge >= 0.3 is 7.60 Å². The molecule has 0 aromatic carbocycles. The zero-order chi connectivity index (χ0) is 18.8. The average molecular weight is 383 g/mol. The molecule has 1 unspecified atom stereocenters. The summed E-state index contributed by atoms with van der Waals surface area (Å²) in [5.41, 5.74) is 11.7. The molecule has 11 nitrogen and oxygen atoms in total. The number of rotatable bonds is 2. The Hall–Kier alpha value is -2.04. The highest BCUT2D eigenvalue weighted by molar-refractivity contribution is 7.52. The molecule has 0 bridgehead atoms. The van der Waals surface area contributed by atoms with Gasteiger partial charge in [-0.3, -0.25) is 13.9 Å². The highest BCUT2D eigenvalue weighted by atomic mass is 31.2. The van der Waals surface area contributed by atoms with E-state index in [1.807, 2.05) is 0 Å². The molecule has 12 heteroatoms. The smallest absolute Gasteiger partial charge is 0.328 e. The fourth-order valence-electron chi connectivity index (χ4n) is 3.51. The lowest BCUT2D eigenvalue weighted by Crippen LogP contribution is -2.37. The summed E-state index contributed by atoms with van der Waals surface area (Å²) in [7, 11) is -3.76. The highest BCUT2D eigenvalue weighted by Gasteiger charge is 2.51. The molecule has 2 fully saturated rings. The molecule has 2 aromatic rings. The van der Waals surface area contributed by atoms with Gasteiger partial charge in [0.05, 0.1) is 23.2 Å². The summed E-state index contributed by atoms with van der Waals surface area (Å²) in [6, 6.07) is 0. The monoisotopic (exact) mass is 383 g/mol. The van der Waals surface area contributed by atoms with Crippen molar-refractivity contribution in [2.75, 3.05) is 11.9 Å². The van der Waals surface area contributed by atoms with Gasteiger partial charge in [0, 0.05) is 6.20 Å². The molecule has 4 heterocycles. The molecule has 4 rings (SSSR count). The number of primary amides is 1. The molecule has 5 atom stereocenters. The molecule has 0 spiro atoms. The molecule has 140 valence electrons. The van der Waals surface area contributed by atoms with Crippen molar-refractivity contribution in [2.24, 2.45) is 5.73 Å². The van der Waals surface area contributed by atoms with Crippen molar-refractivity contribution >= 4 is 30.4 Å². The van der Waals surface area contributed by atoms with Gasteiger partial charge in [-0.15, -0.1) is 0 Å². The molecular formula is C14H18N5O6P. The topological polar surface area (TPSA) is 176 Å². The van der Waals surface area contributed by atoms with Crippen molar-refractivity contribution < 1.29 is 28.6 Å². The Balaban J connectivity index is 1.83. The molecule has 26 heavy (non-hydrogen) atoms. The van der Waals surface area contributed by atoms with Gasteiger partial charge in [0.1, 0.15) is 29.5 Å². The fourth-order valence-corrected chi connectivity index (χ4v) is 4.84.